The standard InChI is InChI=1S/C7H13Cl/c1-6(2)4-5-7(3)8/h4-7H,1-3H3/b5-4+. The molecule has 0 bridgehead atoms. The van der Waals surface area contributed by atoms with E-state index in [1.807, 2.05) is 13.0 Å². The Kier molecular flexibility index (Phi) is 3.98. The first-order chi connectivity index (χ1) is 3.63. The second-order valence-corrected chi connectivity index (χ2v) is 2.99. The molecule has 48 valence electrons. The molecule has 1 unspecified atom stereocenters. The van der Waals surface area contributed by atoms with Gasteiger partial charge in [-0.15, -0.1) is 11.6 Å². The predicted molar refractivity (Wildman–Crippen MR) is 39.3 cm³/mol. The summed E-state index contributed by atoms with van der Waals surface area (Å²) in [5.41, 5.74) is 0. The summed E-state index contributed by atoms with van der Waals surface area (Å²) in [6.45, 7) is 6.23. The lowest BCUT2D eigenvalue weighted by atomic mass is 10.2. The van der Waals surface area contributed by atoms with Crippen LogP contribution in [0.3, 0.4) is 0 Å². The van der Waals surface area contributed by atoms with Gasteiger partial charge in [0, 0.05) is 5.38 Å². The molecule has 0 fully saturated rings. The predicted octanol–water partition coefficient (Wildman–Crippen LogP) is 2.83. The molecule has 0 nitrogen and oxygen atoms in total. The molecule has 1 heteroatoms. The molecule has 0 amide bonds. The van der Waals surface area contributed by atoms with Crippen molar-refractivity contribution in [1.82, 2.24) is 0 Å². The van der Waals surface area contributed by atoms with Gasteiger partial charge in [0.1, 0.15) is 0 Å². The zero-order valence-electron chi connectivity index (χ0n) is 5.69. The van der Waals surface area contributed by atoms with Crippen LogP contribution in [-0.4, -0.2) is 5.38 Å². The molecule has 0 aliphatic rings. The van der Waals surface area contributed by atoms with Crippen molar-refractivity contribution in [3.63, 3.8) is 0 Å². The van der Waals surface area contributed by atoms with Gasteiger partial charge in [-0.1, -0.05) is 26.0 Å². The van der Waals surface area contributed by atoms with Gasteiger partial charge in [-0.3, -0.25) is 0 Å². The highest BCUT2D eigenvalue weighted by atomic mass is 35.5. The molecule has 0 heterocycles. The molecule has 0 rings (SSSR count). The molecular weight excluding hydrogens is 120 g/mol. The fraction of sp³-hybridized carbons (Fsp3) is 0.714. The molecule has 8 heavy (non-hydrogen) atoms. The third kappa shape index (κ3) is 6.03. The molecule has 0 aromatic rings. The van der Waals surface area contributed by atoms with Crippen molar-refractivity contribution in [3.8, 4) is 0 Å². The van der Waals surface area contributed by atoms with Crippen LogP contribution in [-0.2, 0) is 0 Å². The minimum Gasteiger partial charge on any atom is -0.119 e. The topological polar surface area (TPSA) is 0 Å². The highest BCUT2D eigenvalue weighted by molar-refractivity contribution is 6.21. The number of halogens is 1. The van der Waals surface area contributed by atoms with Gasteiger partial charge in [-0.2, -0.15) is 0 Å². The van der Waals surface area contributed by atoms with E-state index in [1.165, 1.54) is 0 Å². The average Bonchev–Trinajstić information content (AvgIpc) is 1.61. The molecule has 0 aromatic carbocycles. The second kappa shape index (κ2) is 3.96. The summed E-state index contributed by atoms with van der Waals surface area (Å²) in [7, 11) is 0. The van der Waals surface area contributed by atoms with Gasteiger partial charge in [0.25, 0.3) is 0 Å². The molecule has 0 aliphatic heterocycles. The number of rotatable bonds is 2. The van der Waals surface area contributed by atoms with Crippen LogP contribution in [0.1, 0.15) is 20.8 Å². The molecule has 0 saturated carbocycles. The first kappa shape index (κ1) is 8.03. The van der Waals surface area contributed by atoms with Gasteiger partial charge in [0.05, 0.1) is 0 Å². The van der Waals surface area contributed by atoms with Crippen LogP contribution in [0.25, 0.3) is 0 Å². The van der Waals surface area contributed by atoms with Crippen LogP contribution in [0.4, 0.5) is 0 Å². The Labute approximate surface area is 56.5 Å². The lowest BCUT2D eigenvalue weighted by Crippen LogP contribution is -1.84. The van der Waals surface area contributed by atoms with Gasteiger partial charge < -0.3 is 0 Å². The Morgan fingerprint density at radius 3 is 1.75 bits per heavy atom. The van der Waals surface area contributed by atoms with Crippen LogP contribution in [0.2, 0.25) is 0 Å². The van der Waals surface area contributed by atoms with Gasteiger partial charge in [0.2, 0.25) is 0 Å². The Balaban J connectivity index is 3.34. The van der Waals surface area contributed by atoms with Gasteiger partial charge in [-0.25, -0.2) is 0 Å². The summed E-state index contributed by atoms with van der Waals surface area (Å²) in [6, 6.07) is 0. The monoisotopic (exact) mass is 132 g/mol. The summed E-state index contributed by atoms with van der Waals surface area (Å²) >= 11 is 5.64. The SMILES string of the molecule is CC(C)/C=C/C(C)Cl. The smallest absolute Gasteiger partial charge is 0.0487 e. The van der Waals surface area contributed by atoms with Crippen molar-refractivity contribution in [2.24, 2.45) is 5.92 Å². The second-order valence-electron chi connectivity index (χ2n) is 2.31. The van der Waals surface area contributed by atoms with Crippen LogP contribution < -0.4 is 0 Å². The Morgan fingerprint density at radius 2 is 1.62 bits per heavy atom. The molecule has 0 saturated heterocycles. The van der Waals surface area contributed by atoms with E-state index in [2.05, 4.69) is 19.9 Å². The Hall–Kier alpha value is 0.0300. The lowest BCUT2D eigenvalue weighted by molar-refractivity contribution is 0.826. The highest BCUT2D eigenvalue weighted by Gasteiger charge is 1.87. The zero-order valence-corrected chi connectivity index (χ0v) is 6.44. The van der Waals surface area contributed by atoms with Crippen molar-refractivity contribution in [3.05, 3.63) is 12.2 Å². The maximum Gasteiger partial charge on any atom is 0.0487 e. The van der Waals surface area contributed by atoms with E-state index < -0.39 is 0 Å². The lowest BCUT2D eigenvalue weighted by Gasteiger charge is -1.93. The van der Waals surface area contributed by atoms with Crippen LogP contribution in [0, 0.1) is 5.92 Å². The summed E-state index contributed by atoms with van der Waals surface area (Å²) < 4.78 is 0. The van der Waals surface area contributed by atoms with Crippen molar-refractivity contribution in [1.29, 1.82) is 0 Å². The minimum absolute atomic E-state index is 0.178. The van der Waals surface area contributed by atoms with Crippen molar-refractivity contribution < 1.29 is 0 Å². The van der Waals surface area contributed by atoms with E-state index in [0.717, 1.165) is 0 Å². The first-order valence-corrected chi connectivity index (χ1v) is 3.39. The van der Waals surface area contributed by atoms with E-state index in [1.54, 1.807) is 0 Å². The number of allylic oxidation sites excluding steroid dienone is 2. The third-order valence-corrected chi connectivity index (χ3v) is 0.907. The average molecular weight is 133 g/mol. The molecule has 0 spiro atoms. The summed E-state index contributed by atoms with van der Waals surface area (Å²) in [5.74, 6) is 0.621. The number of alkyl halides is 1. The molecule has 0 aliphatic carbocycles. The van der Waals surface area contributed by atoms with Gasteiger partial charge in [-0.05, 0) is 12.8 Å². The molecule has 0 aromatic heterocycles. The van der Waals surface area contributed by atoms with Crippen LogP contribution >= 0.6 is 11.6 Å². The van der Waals surface area contributed by atoms with E-state index in [9.17, 15) is 0 Å². The first-order valence-electron chi connectivity index (χ1n) is 2.95. The summed E-state index contributed by atoms with van der Waals surface area (Å²) in [6.07, 6.45) is 4.11. The Morgan fingerprint density at radius 1 is 1.12 bits per heavy atom. The van der Waals surface area contributed by atoms with E-state index in [0.29, 0.717) is 5.92 Å². The van der Waals surface area contributed by atoms with E-state index >= 15 is 0 Å². The van der Waals surface area contributed by atoms with E-state index in [4.69, 9.17) is 11.6 Å². The van der Waals surface area contributed by atoms with Crippen molar-refractivity contribution in [2.75, 3.05) is 0 Å². The normalized spacial score (nSPS) is 15.6. The van der Waals surface area contributed by atoms with E-state index in [-0.39, 0.29) is 5.38 Å². The summed E-state index contributed by atoms with van der Waals surface area (Å²) in [4.78, 5) is 0. The molecule has 0 radical (unpaired) electrons. The minimum atomic E-state index is 0.178. The van der Waals surface area contributed by atoms with Gasteiger partial charge in [0.15, 0.2) is 0 Å². The molecule has 1 atom stereocenters. The van der Waals surface area contributed by atoms with Gasteiger partial charge >= 0.3 is 0 Å². The quantitative estimate of drug-likeness (QED) is 0.401. The maximum absolute atomic E-state index is 5.64. The number of hydrogen-bond donors (Lipinski definition) is 0. The zero-order chi connectivity index (χ0) is 6.57. The number of hydrogen-bond acceptors (Lipinski definition) is 0. The summed E-state index contributed by atoms with van der Waals surface area (Å²) in [5, 5.41) is 0.178. The Bertz CT molecular complexity index is 62.5. The van der Waals surface area contributed by atoms with Crippen LogP contribution in [0.5, 0.6) is 0 Å². The largest absolute Gasteiger partial charge is 0.119 e. The highest BCUT2D eigenvalue weighted by Crippen LogP contribution is 1.99. The van der Waals surface area contributed by atoms with Crippen molar-refractivity contribution >= 4 is 11.6 Å². The fourth-order valence-corrected chi connectivity index (χ4v) is 0.459. The maximum atomic E-state index is 5.64. The molecule has 0 N–H and O–H groups in total. The fourth-order valence-electron chi connectivity index (χ4n) is 0.375. The van der Waals surface area contributed by atoms with Crippen molar-refractivity contribution in [2.45, 2.75) is 26.1 Å². The third-order valence-electron chi connectivity index (χ3n) is 0.761. The van der Waals surface area contributed by atoms with Crippen LogP contribution in [0.15, 0.2) is 12.2 Å². The molecular formula is C7H13Cl.